The number of benzene rings is 2. The van der Waals surface area contributed by atoms with Crippen molar-refractivity contribution >= 4 is 5.91 Å². The average Bonchev–Trinajstić information content (AvgIpc) is 3.26. The minimum atomic E-state index is -0.749. The van der Waals surface area contributed by atoms with E-state index in [0.29, 0.717) is 12.8 Å². The molecule has 0 radical (unpaired) electrons. The first-order chi connectivity index (χ1) is 13.2. The molecule has 2 aromatic carbocycles. The van der Waals surface area contributed by atoms with Gasteiger partial charge < -0.3 is 19.6 Å². The van der Waals surface area contributed by atoms with Crippen LogP contribution in [0.1, 0.15) is 23.7 Å². The second-order valence-electron chi connectivity index (χ2n) is 6.27. The highest BCUT2D eigenvalue weighted by molar-refractivity contribution is 5.76. The molecule has 140 valence electrons. The van der Waals surface area contributed by atoms with Gasteiger partial charge in [-0.15, -0.1) is 0 Å². The van der Waals surface area contributed by atoms with Gasteiger partial charge in [0.05, 0.1) is 19.5 Å². The Morgan fingerprint density at radius 1 is 1.11 bits per heavy atom. The Morgan fingerprint density at radius 3 is 2.48 bits per heavy atom. The lowest BCUT2D eigenvalue weighted by atomic mass is 10.1. The first-order valence-corrected chi connectivity index (χ1v) is 8.87. The molecule has 1 atom stereocenters. The zero-order chi connectivity index (χ0) is 19.1. The molecule has 0 saturated carbocycles. The van der Waals surface area contributed by atoms with E-state index < -0.39 is 6.10 Å². The maximum Gasteiger partial charge on any atom is 0.220 e. The van der Waals surface area contributed by atoms with Gasteiger partial charge in [0.25, 0.3) is 0 Å². The van der Waals surface area contributed by atoms with E-state index in [1.807, 2.05) is 60.7 Å². The third-order valence-corrected chi connectivity index (χ3v) is 4.39. The van der Waals surface area contributed by atoms with Crippen molar-refractivity contribution in [1.29, 1.82) is 0 Å². The normalized spacial score (nSPS) is 11.8. The van der Waals surface area contributed by atoms with Gasteiger partial charge in [-0.05, 0) is 41.8 Å². The van der Waals surface area contributed by atoms with Gasteiger partial charge in [0, 0.05) is 18.5 Å². The Kier molecular flexibility index (Phi) is 6.28. The Balaban J connectivity index is 1.45. The number of aryl methyl sites for hydroxylation is 1. The van der Waals surface area contributed by atoms with E-state index in [0.717, 1.165) is 28.2 Å². The Morgan fingerprint density at radius 2 is 1.85 bits per heavy atom. The van der Waals surface area contributed by atoms with Crippen molar-refractivity contribution in [3.05, 3.63) is 78.1 Å². The van der Waals surface area contributed by atoms with Crippen molar-refractivity contribution in [3.63, 3.8) is 0 Å². The lowest BCUT2D eigenvalue weighted by molar-refractivity contribution is -0.121. The second-order valence-corrected chi connectivity index (χ2v) is 6.27. The molecule has 5 heteroatoms. The highest BCUT2D eigenvalue weighted by Crippen LogP contribution is 2.22. The van der Waals surface area contributed by atoms with Gasteiger partial charge in [-0.2, -0.15) is 0 Å². The predicted molar refractivity (Wildman–Crippen MR) is 103 cm³/mol. The summed E-state index contributed by atoms with van der Waals surface area (Å²) in [6, 6.07) is 18.8. The standard InChI is InChI=1S/C22H23NO4/c1-26-19-11-4-16(5-12-19)6-13-22(25)23-15-20(24)17-7-9-18(10-8-17)21-3-2-14-27-21/h2-5,7-12,14,20,24H,6,13,15H2,1H3,(H,23,25)/t20-/m0/s1. The van der Waals surface area contributed by atoms with Gasteiger partial charge in [0.2, 0.25) is 5.91 Å². The minimum absolute atomic E-state index is 0.0860. The number of nitrogens with one attached hydrogen (secondary N) is 1. The first-order valence-electron chi connectivity index (χ1n) is 8.87. The van der Waals surface area contributed by atoms with Crippen molar-refractivity contribution in [2.45, 2.75) is 18.9 Å². The van der Waals surface area contributed by atoms with Crippen LogP contribution in [0.5, 0.6) is 5.75 Å². The molecule has 0 spiro atoms. The molecule has 1 aromatic heterocycles. The van der Waals surface area contributed by atoms with E-state index in [1.54, 1.807) is 13.4 Å². The summed E-state index contributed by atoms with van der Waals surface area (Å²) < 4.78 is 10.5. The van der Waals surface area contributed by atoms with Gasteiger partial charge in [-0.1, -0.05) is 36.4 Å². The van der Waals surface area contributed by atoms with Crippen molar-refractivity contribution in [2.75, 3.05) is 13.7 Å². The number of hydrogen-bond donors (Lipinski definition) is 2. The molecule has 0 unspecified atom stereocenters. The topological polar surface area (TPSA) is 71.7 Å². The Labute approximate surface area is 158 Å². The largest absolute Gasteiger partial charge is 0.497 e. The minimum Gasteiger partial charge on any atom is -0.497 e. The third kappa shape index (κ3) is 5.21. The number of aliphatic hydroxyl groups is 1. The van der Waals surface area contributed by atoms with Gasteiger partial charge in [-0.25, -0.2) is 0 Å². The molecule has 0 aliphatic carbocycles. The fraction of sp³-hybridized carbons (Fsp3) is 0.227. The molecular formula is C22H23NO4. The lowest BCUT2D eigenvalue weighted by Crippen LogP contribution is -2.28. The van der Waals surface area contributed by atoms with Crippen LogP contribution in [0.15, 0.2) is 71.3 Å². The fourth-order valence-electron chi connectivity index (χ4n) is 2.78. The van der Waals surface area contributed by atoms with Crippen molar-refractivity contribution < 1.29 is 19.1 Å². The summed E-state index contributed by atoms with van der Waals surface area (Å²) in [4.78, 5) is 12.0. The first kappa shape index (κ1) is 18.7. The molecular weight excluding hydrogens is 342 g/mol. The van der Waals surface area contributed by atoms with Crippen LogP contribution < -0.4 is 10.1 Å². The van der Waals surface area contributed by atoms with E-state index in [2.05, 4.69) is 5.32 Å². The van der Waals surface area contributed by atoms with E-state index in [-0.39, 0.29) is 12.5 Å². The van der Waals surface area contributed by atoms with E-state index in [4.69, 9.17) is 9.15 Å². The van der Waals surface area contributed by atoms with Crippen LogP contribution in [0.2, 0.25) is 0 Å². The van der Waals surface area contributed by atoms with Crippen LogP contribution >= 0.6 is 0 Å². The number of carbonyl (C=O) groups excluding carboxylic acids is 1. The number of aliphatic hydroxyl groups excluding tert-OH is 1. The van der Waals surface area contributed by atoms with Gasteiger partial charge in [-0.3, -0.25) is 4.79 Å². The van der Waals surface area contributed by atoms with Crippen LogP contribution in [-0.2, 0) is 11.2 Å². The molecule has 2 N–H and O–H groups in total. The van der Waals surface area contributed by atoms with E-state index >= 15 is 0 Å². The molecule has 0 aliphatic rings. The maximum atomic E-state index is 12.0. The number of methoxy groups -OCH3 is 1. The lowest BCUT2D eigenvalue weighted by Gasteiger charge is -2.13. The number of carbonyl (C=O) groups is 1. The zero-order valence-corrected chi connectivity index (χ0v) is 15.2. The quantitative estimate of drug-likeness (QED) is 0.638. The summed E-state index contributed by atoms with van der Waals surface area (Å²) in [5.41, 5.74) is 2.76. The van der Waals surface area contributed by atoms with Crippen LogP contribution in [0.25, 0.3) is 11.3 Å². The summed E-state index contributed by atoms with van der Waals surface area (Å²) >= 11 is 0. The van der Waals surface area contributed by atoms with Crippen molar-refractivity contribution in [1.82, 2.24) is 5.32 Å². The molecule has 3 aromatic rings. The fourth-order valence-corrected chi connectivity index (χ4v) is 2.78. The average molecular weight is 365 g/mol. The third-order valence-electron chi connectivity index (χ3n) is 4.39. The smallest absolute Gasteiger partial charge is 0.220 e. The monoisotopic (exact) mass is 365 g/mol. The van der Waals surface area contributed by atoms with Crippen molar-refractivity contribution in [3.8, 4) is 17.1 Å². The molecule has 0 aliphatic heterocycles. The molecule has 1 heterocycles. The summed E-state index contributed by atoms with van der Waals surface area (Å²) in [5.74, 6) is 1.49. The summed E-state index contributed by atoms with van der Waals surface area (Å²) in [6.07, 6.45) is 1.89. The number of ether oxygens (including phenoxy) is 1. The highest BCUT2D eigenvalue weighted by atomic mass is 16.5. The molecule has 1 amide bonds. The van der Waals surface area contributed by atoms with Gasteiger partial charge >= 0.3 is 0 Å². The summed E-state index contributed by atoms with van der Waals surface area (Å²) in [5, 5.41) is 13.1. The van der Waals surface area contributed by atoms with Gasteiger partial charge in [0.15, 0.2) is 0 Å². The van der Waals surface area contributed by atoms with Crippen LogP contribution in [-0.4, -0.2) is 24.7 Å². The predicted octanol–water partition coefficient (Wildman–Crippen LogP) is 3.74. The molecule has 5 nitrogen and oxygen atoms in total. The number of rotatable bonds is 8. The molecule has 0 saturated heterocycles. The Bertz CT molecular complexity index is 839. The maximum absolute atomic E-state index is 12.0. The summed E-state index contributed by atoms with van der Waals surface area (Å²) in [7, 11) is 1.62. The molecule has 0 fully saturated rings. The number of amides is 1. The van der Waals surface area contributed by atoms with Crippen LogP contribution in [0.4, 0.5) is 0 Å². The van der Waals surface area contributed by atoms with Crippen LogP contribution in [0.3, 0.4) is 0 Å². The van der Waals surface area contributed by atoms with Gasteiger partial charge in [0.1, 0.15) is 11.5 Å². The zero-order valence-electron chi connectivity index (χ0n) is 15.2. The Hall–Kier alpha value is -3.05. The van der Waals surface area contributed by atoms with Crippen LogP contribution in [0, 0.1) is 0 Å². The van der Waals surface area contributed by atoms with E-state index in [9.17, 15) is 9.90 Å². The number of furan rings is 1. The SMILES string of the molecule is COc1ccc(CCC(=O)NC[C@H](O)c2ccc(-c3ccco3)cc2)cc1. The van der Waals surface area contributed by atoms with E-state index in [1.165, 1.54) is 0 Å². The van der Waals surface area contributed by atoms with Crippen molar-refractivity contribution in [2.24, 2.45) is 0 Å². The second kappa shape index (κ2) is 9.05. The highest BCUT2D eigenvalue weighted by Gasteiger charge is 2.10. The molecule has 27 heavy (non-hydrogen) atoms. The molecule has 0 bridgehead atoms. The summed E-state index contributed by atoms with van der Waals surface area (Å²) in [6.45, 7) is 0.182. The number of hydrogen-bond acceptors (Lipinski definition) is 4. The molecule has 3 rings (SSSR count).